The van der Waals surface area contributed by atoms with Crippen LogP contribution in [0.25, 0.3) is 0 Å². The van der Waals surface area contributed by atoms with E-state index < -0.39 is 12.0 Å². The largest absolute Gasteiger partial charge is 0.481 e. The van der Waals surface area contributed by atoms with Crippen molar-refractivity contribution in [1.82, 2.24) is 14.9 Å². The van der Waals surface area contributed by atoms with Crippen LogP contribution in [-0.4, -0.2) is 54.6 Å². The number of aromatic nitrogens is 2. The molecule has 0 fully saturated rings. The number of carbonyl (C=O) groups excluding carboxylic acids is 2. The number of methoxy groups -OCH3 is 2. The maximum atomic E-state index is 12.9. The Morgan fingerprint density at radius 2 is 2.12 bits per heavy atom. The lowest BCUT2D eigenvalue weighted by molar-refractivity contribution is -0.143. The molecule has 0 spiro atoms. The third kappa shape index (κ3) is 6.22. The number of ether oxygens (including phenoxy) is 2. The highest BCUT2D eigenvalue weighted by atomic mass is 16.5. The minimum atomic E-state index is -0.489. The summed E-state index contributed by atoms with van der Waals surface area (Å²) in [6, 6.07) is 7.19. The number of pyridine rings is 2. The van der Waals surface area contributed by atoms with Gasteiger partial charge in [-0.2, -0.15) is 5.26 Å². The van der Waals surface area contributed by atoms with Crippen LogP contribution in [0.1, 0.15) is 60.5 Å². The zero-order valence-electron chi connectivity index (χ0n) is 20.0. The van der Waals surface area contributed by atoms with Gasteiger partial charge in [0.05, 0.1) is 37.9 Å². The normalized spacial score (nSPS) is 13.1. The highest BCUT2D eigenvalue weighted by Gasteiger charge is 2.25. The van der Waals surface area contributed by atoms with Crippen LogP contribution in [0.4, 0.5) is 5.82 Å². The van der Waals surface area contributed by atoms with Crippen molar-refractivity contribution < 1.29 is 19.1 Å². The number of carbonyl (C=O) groups is 2. The minimum absolute atomic E-state index is 0.0321. The predicted molar refractivity (Wildman–Crippen MR) is 126 cm³/mol. The van der Waals surface area contributed by atoms with Gasteiger partial charge in [-0.25, -0.2) is 9.97 Å². The number of fused-ring (bicyclic) bond motifs is 1. The summed E-state index contributed by atoms with van der Waals surface area (Å²) in [4.78, 5) is 35.3. The second-order valence-electron chi connectivity index (χ2n) is 8.27. The molecule has 1 atom stereocenters. The van der Waals surface area contributed by atoms with Gasteiger partial charge in [0, 0.05) is 32.3 Å². The third-order valence-electron chi connectivity index (χ3n) is 6.07. The van der Waals surface area contributed by atoms with E-state index in [1.807, 2.05) is 6.07 Å². The second-order valence-corrected chi connectivity index (χ2v) is 8.27. The van der Waals surface area contributed by atoms with E-state index in [1.54, 1.807) is 30.3 Å². The molecule has 1 N–H and O–H groups in total. The topological polar surface area (TPSA) is 117 Å². The number of anilines is 1. The lowest BCUT2D eigenvalue weighted by atomic mass is 10.0. The van der Waals surface area contributed by atoms with Gasteiger partial charge in [-0.1, -0.05) is 6.07 Å². The van der Waals surface area contributed by atoms with E-state index >= 15 is 0 Å². The lowest BCUT2D eigenvalue weighted by Crippen LogP contribution is -2.32. The molecule has 1 amide bonds. The molecular formula is C25H31N5O4. The first-order chi connectivity index (χ1) is 16.5. The van der Waals surface area contributed by atoms with E-state index in [9.17, 15) is 14.9 Å². The molecule has 1 aliphatic heterocycles. The predicted octanol–water partition coefficient (Wildman–Crippen LogP) is 3.19. The molecule has 0 aliphatic carbocycles. The van der Waals surface area contributed by atoms with E-state index in [4.69, 9.17) is 9.47 Å². The van der Waals surface area contributed by atoms with Crippen LogP contribution in [0.15, 0.2) is 24.4 Å². The summed E-state index contributed by atoms with van der Waals surface area (Å²) in [5.74, 6) is 0.842. The Morgan fingerprint density at radius 3 is 2.79 bits per heavy atom. The fraction of sp³-hybridized carbons (Fsp3) is 0.480. The quantitative estimate of drug-likeness (QED) is 0.420. The van der Waals surface area contributed by atoms with Crippen LogP contribution in [0.2, 0.25) is 0 Å². The van der Waals surface area contributed by atoms with E-state index in [2.05, 4.69) is 21.4 Å². The summed E-state index contributed by atoms with van der Waals surface area (Å²) in [7, 11) is 4.54. The molecular weight excluding hydrogens is 434 g/mol. The smallest absolute Gasteiger partial charge is 0.307 e. The Balaban J connectivity index is 1.60. The number of unbranched alkanes of at least 4 members (excludes halogenated alkanes) is 1. The summed E-state index contributed by atoms with van der Waals surface area (Å²) in [5.41, 5.74) is 3.19. The van der Waals surface area contributed by atoms with Crippen molar-refractivity contribution in [1.29, 1.82) is 5.26 Å². The SMILES string of the molecule is COC(=O)C[C@@H](c1ccc(OC)nc1)N(C)C(=O)CCCCc1nc2c(cc1C#N)CCCN2. The van der Waals surface area contributed by atoms with E-state index in [0.29, 0.717) is 30.7 Å². The zero-order chi connectivity index (χ0) is 24.5. The van der Waals surface area contributed by atoms with E-state index in [-0.39, 0.29) is 12.3 Å². The molecule has 9 nitrogen and oxygen atoms in total. The lowest BCUT2D eigenvalue weighted by Gasteiger charge is -2.28. The molecule has 0 radical (unpaired) electrons. The highest BCUT2D eigenvalue weighted by molar-refractivity contribution is 5.78. The molecule has 0 aromatic carbocycles. The number of rotatable bonds is 10. The molecule has 180 valence electrons. The average molecular weight is 466 g/mol. The molecule has 2 aromatic heterocycles. The standard InChI is InChI=1S/C25H31N5O4/c1-30(21(14-24(32)34-3)18-10-11-22(33-2)28-16-18)23(31)9-5-4-8-20-19(15-26)13-17-7-6-12-27-25(17)29-20/h10-11,13,16,21H,4-9,12,14H2,1-3H3,(H,27,29)/t21-/m0/s1. The minimum Gasteiger partial charge on any atom is -0.481 e. The zero-order valence-corrected chi connectivity index (χ0v) is 20.0. The van der Waals surface area contributed by atoms with Crippen molar-refractivity contribution in [2.45, 2.75) is 51.0 Å². The summed E-state index contributed by atoms with van der Waals surface area (Å²) in [5, 5.41) is 12.8. The van der Waals surface area contributed by atoms with Crippen LogP contribution in [0.3, 0.4) is 0 Å². The number of amides is 1. The van der Waals surface area contributed by atoms with Crippen molar-refractivity contribution >= 4 is 17.7 Å². The monoisotopic (exact) mass is 465 g/mol. The molecule has 1 aliphatic rings. The molecule has 0 saturated carbocycles. The van der Waals surface area contributed by atoms with E-state index in [1.165, 1.54) is 14.2 Å². The Kier molecular flexibility index (Phi) is 8.79. The highest BCUT2D eigenvalue weighted by Crippen LogP contribution is 2.26. The average Bonchev–Trinajstić information content (AvgIpc) is 2.88. The third-order valence-corrected chi connectivity index (χ3v) is 6.07. The summed E-state index contributed by atoms with van der Waals surface area (Å²) >= 11 is 0. The molecule has 0 bridgehead atoms. The van der Waals surface area contributed by atoms with Crippen LogP contribution in [0, 0.1) is 11.3 Å². The number of hydrogen-bond donors (Lipinski definition) is 1. The molecule has 9 heteroatoms. The first-order valence-corrected chi connectivity index (χ1v) is 11.5. The number of nitriles is 1. The van der Waals surface area contributed by atoms with Crippen LogP contribution in [0.5, 0.6) is 5.88 Å². The maximum Gasteiger partial charge on any atom is 0.307 e. The molecule has 0 unspecified atom stereocenters. The Bertz CT molecular complexity index is 1050. The summed E-state index contributed by atoms with van der Waals surface area (Å²) in [6.07, 6.45) is 5.93. The first-order valence-electron chi connectivity index (χ1n) is 11.5. The first kappa shape index (κ1) is 25.0. The maximum absolute atomic E-state index is 12.9. The number of nitrogens with one attached hydrogen (secondary N) is 1. The van der Waals surface area contributed by atoms with Crippen molar-refractivity contribution in [3.8, 4) is 11.9 Å². The molecule has 34 heavy (non-hydrogen) atoms. The van der Waals surface area contributed by atoms with Crippen molar-refractivity contribution in [3.05, 3.63) is 46.8 Å². The van der Waals surface area contributed by atoms with Gasteiger partial charge in [-0.05, 0) is 49.3 Å². The van der Waals surface area contributed by atoms with Gasteiger partial charge in [0.15, 0.2) is 0 Å². The Hall–Kier alpha value is -3.67. The van der Waals surface area contributed by atoms with Crippen molar-refractivity contribution in [2.24, 2.45) is 0 Å². The van der Waals surface area contributed by atoms with Crippen LogP contribution < -0.4 is 10.1 Å². The second kappa shape index (κ2) is 12.0. The van der Waals surface area contributed by atoms with Gasteiger partial charge in [0.2, 0.25) is 11.8 Å². The van der Waals surface area contributed by atoms with Gasteiger partial charge >= 0.3 is 5.97 Å². The fourth-order valence-corrected chi connectivity index (χ4v) is 4.06. The number of aryl methyl sites for hydroxylation is 2. The summed E-state index contributed by atoms with van der Waals surface area (Å²) in [6.45, 7) is 0.892. The Labute approximate surface area is 200 Å². The molecule has 3 rings (SSSR count). The summed E-state index contributed by atoms with van der Waals surface area (Å²) < 4.78 is 9.92. The van der Waals surface area contributed by atoms with Gasteiger partial charge in [0.25, 0.3) is 0 Å². The number of esters is 1. The van der Waals surface area contributed by atoms with Crippen molar-refractivity contribution in [2.75, 3.05) is 33.1 Å². The van der Waals surface area contributed by atoms with Gasteiger partial charge in [0.1, 0.15) is 11.9 Å². The van der Waals surface area contributed by atoms with Gasteiger partial charge in [-0.3, -0.25) is 9.59 Å². The number of hydrogen-bond acceptors (Lipinski definition) is 8. The van der Waals surface area contributed by atoms with Gasteiger partial charge in [-0.15, -0.1) is 0 Å². The van der Waals surface area contributed by atoms with Gasteiger partial charge < -0.3 is 19.7 Å². The fourth-order valence-electron chi connectivity index (χ4n) is 4.06. The molecule has 0 saturated heterocycles. The number of nitrogens with zero attached hydrogens (tertiary/aromatic N) is 4. The van der Waals surface area contributed by atoms with Crippen molar-refractivity contribution in [3.63, 3.8) is 0 Å². The van der Waals surface area contributed by atoms with Crippen LogP contribution in [-0.2, 0) is 27.2 Å². The van der Waals surface area contributed by atoms with Crippen LogP contribution >= 0.6 is 0 Å². The molecule has 3 heterocycles. The molecule has 2 aromatic rings. The van der Waals surface area contributed by atoms with E-state index in [0.717, 1.165) is 48.4 Å². The Morgan fingerprint density at radius 1 is 1.29 bits per heavy atom.